The highest BCUT2D eigenvalue weighted by molar-refractivity contribution is 7.18. The Morgan fingerprint density at radius 2 is 2.00 bits per heavy atom. The van der Waals surface area contributed by atoms with Gasteiger partial charge in [0.15, 0.2) is 6.54 Å². The summed E-state index contributed by atoms with van der Waals surface area (Å²) in [6, 6.07) is 16.8. The number of likely N-dealkylation sites (tertiary alicyclic amines) is 1. The molecule has 0 saturated carbocycles. The number of nitrogens with zero attached hydrogens (tertiary/aromatic N) is 2. The minimum absolute atomic E-state index is 0.223. The number of carbonyl (C=O) groups excluding carboxylic acids is 1. The first kappa shape index (κ1) is 19.1. The molecule has 1 saturated heterocycles. The van der Waals surface area contributed by atoms with Gasteiger partial charge in [-0.15, -0.1) is 11.3 Å². The van der Waals surface area contributed by atoms with E-state index in [0.717, 1.165) is 25.0 Å². The molecule has 0 bridgehead atoms. The average molecular weight is 395 g/mol. The number of thiazole rings is 1. The molecule has 1 aromatic heterocycles. The second-order valence-corrected chi connectivity index (χ2v) is 9.04. The third-order valence-electron chi connectivity index (χ3n) is 5.64. The van der Waals surface area contributed by atoms with Crippen molar-refractivity contribution in [1.82, 2.24) is 9.88 Å². The molecule has 146 valence electrons. The van der Waals surface area contributed by atoms with Crippen LogP contribution in [0.3, 0.4) is 0 Å². The Labute approximate surface area is 170 Å². The lowest BCUT2D eigenvalue weighted by Crippen LogP contribution is -3.14. The number of carbonyl (C=O) groups is 1. The fourth-order valence-corrected chi connectivity index (χ4v) is 5.09. The van der Waals surface area contributed by atoms with Gasteiger partial charge in [-0.1, -0.05) is 42.0 Å². The lowest BCUT2D eigenvalue weighted by Gasteiger charge is -2.29. The summed E-state index contributed by atoms with van der Waals surface area (Å²) in [6.45, 7) is 5.41. The zero-order valence-electron chi connectivity index (χ0n) is 16.6. The van der Waals surface area contributed by atoms with Crippen molar-refractivity contribution in [3.63, 3.8) is 0 Å². The van der Waals surface area contributed by atoms with Crippen molar-refractivity contribution in [3.05, 3.63) is 64.7 Å². The van der Waals surface area contributed by atoms with Crippen LogP contribution in [0.15, 0.2) is 48.5 Å². The Morgan fingerprint density at radius 1 is 1.21 bits per heavy atom. The maximum atomic E-state index is 12.8. The lowest BCUT2D eigenvalue weighted by molar-refractivity contribution is -0.898. The molecule has 2 aromatic carbocycles. The molecule has 1 amide bonds. The molecule has 0 aliphatic carbocycles. The van der Waals surface area contributed by atoms with Crippen LogP contribution < -0.4 is 4.90 Å². The number of piperidine rings is 1. The molecule has 28 heavy (non-hydrogen) atoms. The molecule has 3 aromatic rings. The lowest BCUT2D eigenvalue weighted by atomic mass is 9.98. The summed E-state index contributed by atoms with van der Waals surface area (Å²) in [5.41, 5.74) is 3.53. The molecule has 1 N–H and O–H groups in total. The van der Waals surface area contributed by atoms with E-state index in [1.54, 1.807) is 0 Å². The Morgan fingerprint density at radius 3 is 2.79 bits per heavy atom. The highest BCUT2D eigenvalue weighted by Crippen LogP contribution is 2.30. The summed E-state index contributed by atoms with van der Waals surface area (Å²) in [6.07, 6.45) is 2.33. The van der Waals surface area contributed by atoms with E-state index in [-0.39, 0.29) is 5.91 Å². The van der Waals surface area contributed by atoms with Crippen LogP contribution in [-0.4, -0.2) is 42.5 Å². The van der Waals surface area contributed by atoms with Gasteiger partial charge in [0.25, 0.3) is 5.91 Å². The van der Waals surface area contributed by atoms with Crippen LogP contribution in [-0.2, 0) is 11.3 Å². The van der Waals surface area contributed by atoms with Crippen molar-refractivity contribution in [3.8, 4) is 0 Å². The van der Waals surface area contributed by atoms with Crippen LogP contribution in [0, 0.1) is 6.92 Å². The molecule has 1 aliphatic rings. The highest BCUT2D eigenvalue weighted by atomic mass is 32.1. The molecular weight excluding hydrogens is 366 g/mol. The number of likely N-dealkylation sites (N-methyl/N-ethyl adjacent to an activating group) is 1. The zero-order chi connectivity index (χ0) is 19.5. The molecule has 4 rings (SSSR count). The number of aryl methyl sites for hydroxylation is 1. The topological polar surface area (TPSA) is 37.6 Å². The van der Waals surface area contributed by atoms with Gasteiger partial charge in [0.1, 0.15) is 5.01 Å². The molecule has 1 unspecified atom stereocenters. The van der Waals surface area contributed by atoms with E-state index in [9.17, 15) is 4.79 Å². The number of hydrogen-bond acceptors (Lipinski definition) is 3. The average Bonchev–Trinajstić information content (AvgIpc) is 3.14. The van der Waals surface area contributed by atoms with Crippen LogP contribution in [0.4, 0.5) is 0 Å². The van der Waals surface area contributed by atoms with Crippen molar-refractivity contribution >= 4 is 27.5 Å². The second kappa shape index (κ2) is 8.41. The minimum atomic E-state index is 0.223. The Balaban J connectivity index is 1.36. The number of quaternary nitrogens is 1. The first-order chi connectivity index (χ1) is 13.6. The van der Waals surface area contributed by atoms with Gasteiger partial charge >= 0.3 is 0 Å². The Bertz CT molecular complexity index is 917. The number of fused-ring (bicyclic) bond motifs is 1. The van der Waals surface area contributed by atoms with Crippen molar-refractivity contribution in [1.29, 1.82) is 0 Å². The number of nitrogens with one attached hydrogen (secondary N) is 1. The van der Waals surface area contributed by atoms with E-state index in [4.69, 9.17) is 4.98 Å². The molecule has 0 radical (unpaired) electrons. The molecule has 4 nitrogen and oxygen atoms in total. The quantitative estimate of drug-likeness (QED) is 0.722. The standard InChI is InChI=1S/C23H27N3OS/c1-17-9-11-18(12-10-17)14-25(2)22(27)16-26-13-5-6-19(15-26)23-24-20-7-3-4-8-21(20)28-23/h3-4,7-12,19H,5-6,13-16H2,1-2H3/p+1/t19-/m0/s1. The van der Waals surface area contributed by atoms with Crippen molar-refractivity contribution in [2.45, 2.75) is 32.2 Å². The van der Waals surface area contributed by atoms with Gasteiger partial charge in [-0.3, -0.25) is 4.79 Å². The molecule has 1 aliphatic heterocycles. The van der Waals surface area contributed by atoms with Crippen LogP contribution in [0.25, 0.3) is 10.2 Å². The van der Waals surface area contributed by atoms with Crippen LogP contribution in [0.2, 0.25) is 0 Å². The summed E-state index contributed by atoms with van der Waals surface area (Å²) >= 11 is 1.81. The smallest absolute Gasteiger partial charge is 0.277 e. The fraction of sp³-hybridized carbons (Fsp3) is 0.391. The number of amides is 1. The molecule has 1 fully saturated rings. The Kier molecular flexibility index (Phi) is 5.74. The summed E-state index contributed by atoms with van der Waals surface area (Å²) < 4.78 is 1.26. The van der Waals surface area contributed by atoms with E-state index in [0.29, 0.717) is 19.0 Å². The van der Waals surface area contributed by atoms with Gasteiger partial charge in [0.05, 0.1) is 29.2 Å². The monoisotopic (exact) mass is 394 g/mol. The first-order valence-electron chi connectivity index (χ1n) is 10.1. The molecular formula is C23H28N3OS+. The maximum Gasteiger partial charge on any atom is 0.277 e. The van der Waals surface area contributed by atoms with Gasteiger partial charge in [-0.25, -0.2) is 4.98 Å². The number of benzene rings is 2. The number of rotatable bonds is 5. The van der Waals surface area contributed by atoms with E-state index in [1.807, 2.05) is 29.4 Å². The van der Waals surface area contributed by atoms with Gasteiger partial charge in [0.2, 0.25) is 0 Å². The van der Waals surface area contributed by atoms with Crippen molar-refractivity contribution in [2.75, 3.05) is 26.7 Å². The van der Waals surface area contributed by atoms with Crippen LogP contribution >= 0.6 is 11.3 Å². The predicted octanol–water partition coefficient (Wildman–Crippen LogP) is 3.03. The van der Waals surface area contributed by atoms with Crippen molar-refractivity contribution < 1.29 is 9.69 Å². The zero-order valence-corrected chi connectivity index (χ0v) is 17.5. The number of aromatic nitrogens is 1. The first-order valence-corrected chi connectivity index (χ1v) is 10.9. The Hall–Kier alpha value is -2.24. The number of para-hydroxylation sites is 1. The third kappa shape index (κ3) is 4.42. The summed E-state index contributed by atoms with van der Waals surface area (Å²) in [4.78, 5) is 20.9. The van der Waals surface area contributed by atoms with Crippen LogP contribution in [0.1, 0.15) is 34.9 Å². The third-order valence-corrected chi connectivity index (χ3v) is 6.84. The van der Waals surface area contributed by atoms with Crippen LogP contribution in [0.5, 0.6) is 0 Å². The van der Waals surface area contributed by atoms with E-state index < -0.39 is 0 Å². The van der Waals surface area contributed by atoms with E-state index >= 15 is 0 Å². The maximum absolute atomic E-state index is 12.8. The van der Waals surface area contributed by atoms with Gasteiger partial charge in [0, 0.05) is 13.6 Å². The minimum Gasteiger partial charge on any atom is -0.337 e. The summed E-state index contributed by atoms with van der Waals surface area (Å²) in [7, 11) is 1.91. The van der Waals surface area contributed by atoms with E-state index in [2.05, 4.69) is 49.4 Å². The van der Waals surface area contributed by atoms with Gasteiger partial charge < -0.3 is 9.80 Å². The molecule has 5 heteroatoms. The number of hydrogen-bond donors (Lipinski definition) is 1. The molecule has 2 heterocycles. The van der Waals surface area contributed by atoms with E-state index in [1.165, 1.54) is 32.2 Å². The highest BCUT2D eigenvalue weighted by Gasteiger charge is 2.29. The SMILES string of the molecule is Cc1ccc(CN(C)C(=O)C[NH+]2CCC[C@H](c3nc4ccccc4s3)C2)cc1. The normalized spacial score (nSPS) is 19.6. The van der Waals surface area contributed by atoms with Gasteiger partial charge in [-0.2, -0.15) is 0 Å². The summed E-state index contributed by atoms with van der Waals surface area (Å²) in [5, 5.41) is 1.24. The largest absolute Gasteiger partial charge is 0.337 e. The summed E-state index contributed by atoms with van der Waals surface area (Å²) in [5.74, 6) is 0.692. The molecule has 0 spiro atoms. The fourth-order valence-electron chi connectivity index (χ4n) is 3.99. The molecule has 2 atom stereocenters. The second-order valence-electron chi connectivity index (χ2n) is 7.98. The van der Waals surface area contributed by atoms with Gasteiger partial charge in [-0.05, 0) is 37.5 Å². The predicted molar refractivity (Wildman–Crippen MR) is 115 cm³/mol. The van der Waals surface area contributed by atoms with Crippen molar-refractivity contribution in [2.24, 2.45) is 0 Å².